The van der Waals surface area contributed by atoms with E-state index >= 15 is 0 Å². The Morgan fingerprint density at radius 1 is 1.22 bits per heavy atom. The Bertz CT molecular complexity index is 1050. The summed E-state index contributed by atoms with van der Waals surface area (Å²) in [7, 11) is 1.70. The molecule has 2 aromatic rings. The van der Waals surface area contributed by atoms with E-state index in [0.29, 0.717) is 61.4 Å². The van der Waals surface area contributed by atoms with Gasteiger partial charge in [0.1, 0.15) is 13.2 Å². The van der Waals surface area contributed by atoms with Crippen LogP contribution in [0.3, 0.4) is 0 Å². The number of thiophene rings is 1. The minimum atomic E-state index is -0.314. The van der Waals surface area contributed by atoms with Gasteiger partial charge in [-0.2, -0.15) is 0 Å². The molecule has 0 unspecified atom stereocenters. The molecule has 2 aliphatic heterocycles. The number of nitrogens with zero attached hydrogens (tertiary/aromatic N) is 2. The van der Waals surface area contributed by atoms with Crippen molar-refractivity contribution in [1.82, 2.24) is 4.90 Å². The molecule has 0 bridgehead atoms. The highest BCUT2D eigenvalue weighted by Crippen LogP contribution is 2.37. The summed E-state index contributed by atoms with van der Waals surface area (Å²) in [4.78, 5) is 19.8. The summed E-state index contributed by atoms with van der Waals surface area (Å²) in [5.74, 6) is 1.19. The maximum Gasteiger partial charge on any atom is 0.253 e. The number of rotatable bonds is 4. The average molecular weight is 475 g/mol. The molecule has 2 aliphatic rings. The molecule has 1 N–H and O–H groups in total. The molecule has 1 amide bonds. The van der Waals surface area contributed by atoms with Crippen molar-refractivity contribution < 1.29 is 19.4 Å². The number of aliphatic hydroxyl groups excluding tert-OH is 1. The zero-order valence-electron chi connectivity index (χ0n) is 18.3. The van der Waals surface area contributed by atoms with E-state index in [1.165, 1.54) is 0 Å². The zero-order valence-corrected chi connectivity index (χ0v) is 19.8. The minimum Gasteiger partial charge on any atom is -0.484 e. The molecular formula is C24H27ClN2O4S. The number of carbonyl (C=O) groups is 1. The Hall–Kier alpha value is -2.35. The highest BCUT2D eigenvalue weighted by molar-refractivity contribution is 7.13. The Morgan fingerprint density at radius 3 is 2.66 bits per heavy atom. The van der Waals surface area contributed by atoms with Crippen LogP contribution in [0, 0.1) is 0 Å². The number of halogens is 1. The van der Waals surface area contributed by atoms with Crippen LogP contribution < -0.4 is 0 Å². The van der Waals surface area contributed by atoms with Crippen LogP contribution in [-0.2, 0) is 9.47 Å². The van der Waals surface area contributed by atoms with Gasteiger partial charge in [0.2, 0.25) is 0 Å². The third-order valence-corrected chi connectivity index (χ3v) is 7.05. The van der Waals surface area contributed by atoms with Crippen LogP contribution in [0.2, 0.25) is 5.02 Å². The van der Waals surface area contributed by atoms with Crippen molar-refractivity contribution in [2.24, 2.45) is 4.99 Å². The van der Waals surface area contributed by atoms with Gasteiger partial charge in [-0.1, -0.05) is 24.6 Å². The van der Waals surface area contributed by atoms with Crippen LogP contribution >= 0.6 is 22.9 Å². The average Bonchev–Trinajstić information content (AvgIpc) is 3.29. The zero-order chi connectivity index (χ0) is 22.7. The first-order valence-electron chi connectivity index (χ1n) is 10.8. The number of hydrogen-bond donors (Lipinski definition) is 1. The smallest absolute Gasteiger partial charge is 0.253 e. The number of hydrogen-bond acceptors (Lipinski definition) is 6. The lowest BCUT2D eigenvalue weighted by Crippen LogP contribution is -2.40. The molecule has 0 spiro atoms. The van der Waals surface area contributed by atoms with Crippen LogP contribution in [-0.4, -0.2) is 61.3 Å². The number of aliphatic imine (C=N–C) groups is 1. The molecule has 170 valence electrons. The van der Waals surface area contributed by atoms with E-state index in [0.717, 1.165) is 28.0 Å². The fourth-order valence-electron chi connectivity index (χ4n) is 4.02. The van der Waals surface area contributed by atoms with E-state index in [1.807, 2.05) is 12.1 Å². The normalized spacial score (nSPS) is 20.1. The van der Waals surface area contributed by atoms with Gasteiger partial charge in [0.25, 0.3) is 11.8 Å². The molecule has 3 heterocycles. The summed E-state index contributed by atoms with van der Waals surface area (Å²) >= 11 is 8.21. The predicted molar refractivity (Wildman–Crippen MR) is 128 cm³/mol. The fourth-order valence-corrected chi connectivity index (χ4v) is 5.33. The summed E-state index contributed by atoms with van der Waals surface area (Å²) in [6.45, 7) is 4.22. The number of amides is 1. The molecule has 0 atom stereocenters. The van der Waals surface area contributed by atoms with Crippen molar-refractivity contribution in [2.45, 2.75) is 32.3 Å². The number of likely N-dealkylation sites (tertiary alicyclic amines) is 1. The summed E-state index contributed by atoms with van der Waals surface area (Å²) in [6, 6.07) is 7.56. The standard InChI is InChI=1S/C24H27ClN2O4S/c1-3-18(22-23(26-2)31-11-10-30-22)16-13-21(32-14-16)19-5-4-15(12-20(19)25)24(29)27-8-6-17(28)7-9-27/h4-5,12-14,17,28H,3,6-11H2,1-2H3/b22-18-,26-23?. The lowest BCUT2D eigenvalue weighted by atomic mass is 10.0. The van der Waals surface area contributed by atoms with Crippen molar-refractivity contribution >= 4 is 40.3 Å². The molecule has 2 fully saturated rings. The number of piperidine rings is 1. The summed E-state index contributed by atoms with van der Waals surface area (Å²) in [5.41, 5.74) is 3.55. The summed E-state index contributed by atoms with van der Waals surface area (Å²) < 4.78 is 11.5. The lowest BCUT2D eigenvalue weighted by Gasteiger charge is -2.29. The van der Waals surface area contributed by atoms with E-state index in [1.54, 1.807) is 29.4 Å². The summed E-state index contributed by atoms with van der Waals surface area (Å²) in [5, 5.41) is 12.3. The van der Waals surface area contributed by atoms with Gasteiger partial charge >= 0.3 is 0 Å². The largest absolute Gasteiger partial charge is 0.484 e. The molecule has 0 radical (unpaired) electrons. The molecule has 8 heteroatoms. The minimum absolute atomic E-state index is 0.0453. The highest BCUT2D eigenvalue weighted by Gasteiger charge is 2.24. The van der Waals surface area contributed by atoms with Crippen molar-refractivity contribution in [1.29, 1.82) is 0 Å². The second-order valence-corrected chi connectivity index (χ2v) is 9.12. The molecule has 1 aromatic carbocycles. The van der Waals surface area contributed by atoms with Gasteiger partial charge in [0, 0.05) is 41.7 Å². The van der Waals surface area contributed by atoms with E-state index in [-0.39, 0.29) is 12.0 Å². The lowest BCUT2D eigenvalue weighted by molar-refractivity contribution is 0.0546. The van der Waals surface area contributed by atoms with E-state index < -0.39 is 0 Å². The van der Waals surface area contributed by atoms with Crippen LogP contribution in [0.15, 0.2) is 40.4 Å². The second-order valence-electron chi connectivity index (χ2n) is 7.80. The van der Waals surface area contributed by atoms with E-state index in [9.17, 15) is 9.90 Å². The maximum atomic E-state index is 12.8. The molecule has 0 saturated carbocycles. The van der Waals surface area contributed by atoms with Crippen molar-refractivity contribution in [3.63, 3.8) is 0 Å². The molecule has 4 rings (SSSR count). The number of carbonyl (C=O) groups excluding carboxylic acids is 1. The monoisotopic (exact) mass is 474 g/mol. The molecule has 0 aliphatic carbocycles. The molecule has 6 nitrogen and oxygen atoms in total. The molecular weight excluding hydrogens is 448 g/mol. The number of allylic oxidation sites excluding steroid dienone is 1. The Morgan fingerprint density at radius 2 is 1.97 bits per heavy atom. The Balaban J connectivity index is 1.58. The second kappa shape index (κ2) is 10.1. The van der Waals surface area contributed by atoms with Crippen molar-refractivity contribution in [3.8, 4) is 10.4 Å². The highest BCUT2D eigenvalue weighted by atomic mass is 35.5. The topological polar surface area (TPSA) is 71.4 Å². The molecule has 2 saturated heterocycles. The van der Waals surface area contributed by atoms with Gasteiger partial charge < -0.3 is 19.5 Å². The van der Waals surface area contributed by atoms with Gasteiger partial charge in [0.15, 0.2) is 5.76 Å². The van der Waals surface area contributed by atoms with Gasteiger partial charge in [-0.3, -0.25) is 9.79 Å². The number of benzene rings is 1. The first-order chi connectivity index (χ1) is 15.5. The Kier molecular flexibility index (Phi) is 7.18. The van der Waals surface area contributed by atoms with Gasteiger partial charge in [-0.05, 0) is 48.4 Å². The van der Waals surface area contributed by atoms with Crippen molar-refractivity contribution in [3.05, 3.63) is 51.6 Å². The number of ether oxygens (including phenoxy) is 2. The fraction of sp³-hybridized carbons (Fsp3) is 0.417. The number of aliphatic hydroxyl groups is 1. The van der Waals surface area contributed by atoms with E-state index in [2.05, 4.69) is 23.4 Å². The quantitative estimate of drug-likeness (QED) is 0.686. The third-order valence-electron chi connectivity index (χ3n) is 5.77. The molecule has 1 aromatic heterocycles. The first kappa shape index (κ1) is 22.8. The van der Waals surface area contributed by atoms with Crippen LogP contribution in [0.1, 0.15) is 42.1 Å². The van der Waals surface area contributed by atoms with Crippen molar-refractivity contribution in [2.75, 3.05) is 33.4 Å². The van der Waals surface area contributed by atoms with Gasteiger partial charge in [0.05, 0.1) is 11.1 Å². The van der Waals surface area contributed by atoms with Crippen LogP contribution in [0.4, 0.5) is 0 Å². The van der Waals surface area contributed by atoms with E-state index in [4.69, 9.17) is 21.1 Å². The summed E-state index contributed by atoms with van der Waals surface area (Å²) in [6.07, 6.45) is 1.69. The van der Waals surface area contributed by atoms with Crippen LogP contribution in [0.5, 0.6) is 0 Å². The predicted octanol–water partition coefficient (Wildman–Crippen LogP) is 4.86. The molecule has 32 heavy (non-hydrogen) atoms. The first-order valence-corrected chi connectivity index (χ1v) is 12.1. The van der Waals surface area contributed by atoms with Gasteiger partial charge in [-0.25, -0.2) is 0 Å². The SMILES string of the molecule is CC/C(=C1/OCCOC1=NC)c1csc(-c2ccc(C(=O)N3CCC(O)CC3)cc2Cl)c1. The van der Waals surface area contributed by atoms with Crippen LogP contribution in [0.25, 0.3) is 16.0 Å². The maximum absolute atomic E-state index is 12.8. The Labute approximate surface area is 197 Å². The third kappa shape index (κ3) is 4.70. The van der Waals surface area contributed by atoms with Gasteiger partial charge in [-0.15, -0.1) is 11.3 Å².